The fraction of sp³-hybridized carbons (Fsp3) is 0.429. The van der Waals surface area contributed by atoms with Crippen LogP contribution >= 0.6 is 34.8 Å². The van der Waals surface area contributed by atoms with E-state index in [0.29, 0.717) is 46.3 Å². The largest absolute Gasteiger partial charge is 0.394 e. The summed E-state index contributed by atoms with van der Waals surface area (Å²) in [4.78, 5) is 15.8. The molecule has 222 valence electrons. The second kappa shape index (κ2) is 12.8. The molecule has 1 aromatic heterocycles. The van der Waals surface area contributed by atoms with Gasteiger partial charge in [0.2, 0.25) is 0 Å². The molecule has 0 unspecified atom stereocenters. The number of nitrogens with zero attached hydrogens (tertiary/aromatic N) is 5. The number of anilines is 1. The van der Waals surface area contributed by atoms with E-state index >= 15 is 0 Å². The van der Waals surface area contributed by atoms with Crippen molar-refractivity contribution in [3.05, 3.63) is 63.2 Å². The SMILES string of the molecule is CO[C@@H]1[C@@H](n2cc(-c3ccc(Cl)c(Cl)c3)nn2)[C@@H](O)[C@@H](CO)O[C@H]1C(=O)N(c1cc(Cl)cc(C#N)c1)[C@@H]1CCC[C@H]1O. The van der Waals surface area contributed by atoms with Crippen LogP contribution in [0.1, 0.15) is 30.9 Å². The van der Waals surface area contributed by atoms with Gasteiger partial charge in [0, 0.05) is 23.4 Å². The molecular formula is C28H28Cl3N5O6. The molecule has 1 amide bonds. The van der Waals surface area contributed by atoms with Gasteiger partial charge in [0.1, 0.15) is 30.0 Å². The highest BCUT2D eigenvalue weighted by atomic mass is 35.5. The van der Waals surface area contributed by atoms with Crippen LogP contribution in [0.4, 0.5) is 5.69 Å². The van der Waals surface area contributed by atoms with E-state index in [1.54, 1.807) is 24.4 Å². The van der Waals surface area contributed by atoms with Gasteiger partial charge in [-0.1, -0.05) is 46.1 Å². The Morgan fingerprint density at radius 1 is 1.19 bits per heavy atom. The lowest BCUT2D eigenvalue weighted by Crippen LogP contribution is -2.62. The van der Waals surface area contributed by atoms with Crippen LogP contribution in [-0.2, 0) is 14.3 Å². The molecule has 5 rings (SSSR count). The van der Waals surface area contributed by atoms with E-state index in [9.17, 15) is 25.4 Å². The number of ether oxygens (including phenoxy) is 2. The first kappa shape index (κ1) is 30.7. The van der Waals surface area contributed by atoms with E-state index in [0.717, 1.165) is 0 Å². The molecule has 42 heavy (non-hydrogen) atoms. The number of halogens is 3. The van der Waals surface area contributed by atoms with E-state index in [1.165, 1.54) is 34.9 Å². The Kier molecular flexibility index (Phi) is 9.37. The highest BCUT2D eigenvalue weighted by Crippen LogP contribution is 2.37. The molecule has 7 atom stereocenters. The monoisotopic (exact) mass is 635 g/mol. The Morgan fingerprint density at radius 3 is 2.62 bits per heavy atom. The number of rotatable bonds is 7. The zero-order valence-corrected chi connectivity index (χ0v) is 24.6. The number of amides is 1. The molecule has 0 spiro atoms. The summed E-state index contributed by atoms with van der Waals surface area (Å²) in [5, 5.41) is 51.1. The predicted octanol–water partition coefficient (Wildman–Crippen LogP) is 3.40. The van der Waals surface area contributed by atoms with Gasteiger partial charge in [0.25, 0.3) is 5.91 Å². The number of benzene rings is 2. The highest BCUT2D eigenvalue weighted by Gasteiger charge is 2.52. The fourth-order valence-electron chi connectivity index (χ4n) is 5.69. The summed E-state index contributed by atoms with van der Waals surface area (Å²) in [6.07, 6.45) is -2.58. The van der Waals surface area contributed by atoms with Crippen molar-refractivity contribution in [2.75, 3.05) is 18.6 Å². The van der Waals surface area contributed by atoms with Gasteiger partial charge in [-0.15, -0.1) is 5.10 Å². The van der Waals surface area contributed by atoms with E-state index in [1.807, 2.05) is 6.07 Å². The smallest absolute Gasteiger partial charge is 0.259 e. The summed E-state index contributed by atoms with van der Waals surface area (Å²) in [5.41, 5.74) is 1.58. The topological polar surface area (TPSA) is 154 Å². The Hall–Kier alpha value is -2.79. The maximum Gasteiger partial charge on any atom is 0.259 e. The number of methoxy groups -OCH3 is 1. The van der Waals surface area contributed by atoms with Gasteiger partial charge in [-0.25, -0.2) is 4.68 Å². The summed E-state index contributed by atoms with van der Waals surface area (Å²) >= 11 is 18.5. The normalized spacial score (nSPS) is 27.5. The van der Waals surface area contributed by atoms with Crippen molar-refractivity contribution >= 4 is 46.4 Å². The summed E-state index contributed by atoms with van der Waals surface area (Å²) in [7, 11) is 1.37. The molecule has 0 radical (unpaired) electrons. The van der Waals surface area contributed by atoms with E-state index < -0.39 is 55.1 Å². The Balaban J connectivity index is 1.55. The van der Waals surface area contributed by atoms with Gasteiger partial charge >= 0.3 is 0 Å². The van der Waals surface area contributed by atoms with Gasteiger partial charge in [-0.3, -0.25) is 4.79 Å². The van der Waals surface area contributed by atoms with Crippen LogP contribution < -0.4 is 4.90 Å². The molecule has 1 saturated carbocycles. The number of carbonyl (C=O) groups excluding carboxylic acids is 1. The standard InChI is InChI=1S/C28H28Cl3N5O6/c1-41-26-24(35-12-20(33-34-35)15-5-6-18(30)19(31)9-15)25(39)23(13-37)42-27(26)28(40)36(21-3-2-4-22(21)38)17-8-14(11-32)7-16(29)10-17/h5-10,12,21-27,37-39H,2-4,13H2,1H3/t21-,22-,23-,24+,25+,26-,27-/m1/s1. The lowest BCUT2D eigenvalue weighted by Gasteiger charge is -2.45. The van der Waals surface area contributed by atoms with Crippen molar-refractivity contribution in [2.45, 2.75) is 61.9 Å². The average molecular weight is 637 g/mol. The van der Waals surface area contributed by atoms with Gasteiger partial charge in [0.15, 0.2) is 6.10 Å². The van der Waals surface area contributed by atoms with Crippen LogP contribution in [0.15, 0.2) is 42.6 Å². The number of hydrogen-bond donors (Lipinski definition) is 3. The van der Waals surface area contributed by atoms with Gasteiger partial charge < -0.3 is 29.7 Å². The summed E-state index contributed by atoms with van der Waals surface area (Å²) in [6, 6.07) is 9.87. The van der Waals surface area contributed by atoms with Crippen molar-refractivity contribution in [2.24, 2.45) is 0 Å². The third-order valence-electron chi connectivity index (χ3n) is 7.72. The van der Waals surface area contributed by atoms with E-state index in [2.05, 4.69) is 10.3 Å². The van der Waals surface area contributed by atoms with Crippen molar-refractivity contribution in [3.8, 4) is 17.3 Å². The molecular weight excluding hydrogens is 609 g/mol. The van der Waals surface area contributed by atoms with Crippen LogP contribution in [0.5, 0.6) is 0 Å². The number of nitriles is 1. The number of aliphatic hydroxyl groups excluding tert-OH is 3. The number of carbonyl (C=O) groups is 1. The Labute approximate surface area is 256 Å². The minimum absolute atomic E-state index is 0.231. The second-order valence-electron chi connectivity index (χ2n) is 10.3. The Morgan fingerprint density at radius 2 is 1.98 bits per heavy atom. The maximum absolute atomic E-state index is 14.4. The number of aliphatic hydroxyl groups is 3. The van der Waals surface area contributed by atoms with Crippen molar-refractivity contribution in [1.29, 1.82) is 5.26 Å². The van der Waals surface area contributed by atoms with E-state index in [-0.39, 0.29) is 10.6 Å². The van der Waals surface area contributed by atoms with Crippen molar-refractivity contribution in [1.82, 2.24) is 15.0 Å². The van der Waals surface area contributed by atoms with Crippen LogP contribution in [-0.4, -0.2) is 86.5 Å². The molecule has 1 saturated heterocycles. The molecule has 2 fully saturated rings. The molecule has 11 nitrogen and oxygen atoms in total. The van der Waals surface area contributed by atoms with Crippen LogP contribution in [0, 0.1) is 11.3 Å². The van der Waals surface area contributed by atoms with Crippen LogP contribution in [0.2, 0.25) is 15.1 Å². The van der Waals surface area contributed by atoms with Gasteiger partial charge in [-0.05, 0) is 49.6 Å². The Bertz CT molecular complexity index is 1500. The van der Waals surface area contributed by atoms with Crippen LogP contribution in [0.3, 0.4) is 0 Å². The quantitative estimate of drug-likeness (QED) is 0.354. The first-order chi connectivity index (χ1) is 20.2. The molecule has 3 N–H and O–H groups in total. The maximum atomic E-state index is 14.4. The highest BCUT2D eigenvalue weighted by molar-refractivity contribution is 6.42. The minimum Gasteiger partial charge on any atom is -0.394 e. The third kappa shape index (κ3) is 5.86. The first-order valence-corrected chi connectivity index (χ1v) is 14.4. The molecule has 3 aromatic rings. The molecule has 2 aromatic carbocycles. The zero-order chi connectivity index (χ0) is 30.1. The molecule has 1 aliphatic heterocycles. The minimum atomic E-state index is -1.35. The van der Waals surface area contributed by atoms with Crippen LogP contribution in [0.25, 0.3) is 11.3 Å². The summed E-state index contributed by atoms with van der Waals surface area (Å²) < 4.78 is 13.1. The molecule has 14 heteroatoms. The number of hydrogen-bond acceptors (Lipinski definition) is 9. The fourth-order valence-corrected chi connectivity index (χ4v) is 6.22. The molecule has 0 bridgehead atoms. The van der Waals surface area contributed by atoms with Crippen molar-refractivity contribution < 1.29 is 29.6 Å². The molecule has 2 aliphatic rings. The van der Waals surface area contributed by atoms with E-state index in [4.69, 9.17) is 44.3 Å². The number of aromatic nitrogens is 3. The van der Waals surface area contributed by atoms with Crippen molar-refractivity contribution in [3.63, 3.8) is 0 Å². The lowest BCUT2D eigenvalue weighted by atomic mass is 9.91. The average Bonchev–Trinajstić information content (AvgIpc) is 3.63. The predicted molar refractivity (Wildman–Crippen MR) is 154 cm³/mol. The zero-order valence-electron chi connectivity index (χ0n) is 22.3. The molecule has 1 aliphatic carbocycles. The van der Waals surface area contributed by atoms with Gasteiger partial charge in [0.05, 0.1) is 46.6 Å². The second-order valence-corrected chi connectivity index (χ2v) is 11.5. The first-order valence-electron chi connectivity index (χ1n) is 13.2. The van der Waals surface area contributed by atoms with Gasteiger partial charge in [-0.2, -0.15) is 5.26 Å². The lowest BCUT2D eigenvalue weighted by molar-refractivity contribution is -0.211. The summed E-state index contributed by atoms with van der Waals surface area (Å²) in [6.45, 7) is -0.603. The molecule has 2 heterocycles. The third-order valence-corrected chi connectivity index (χ3v) is 8.67. The summed E-state index contributed by atoms with van der Waals surface area (Å²) in [5.74, 6) is -0.598.